The van der Waals surface area contributed by atoms with Crippen molar-refractivity contribution in [2.24, 2.45) is 0 Å². The molecule has 0 aliphatic heterocycles. The molecule has 1 rings (SSSR count). The summed E-state index contributed by atoms with van der Waals surface area (Å²) < 4.78 is 12.3. The number of rotatable bonds is 0. The quantitative estimate of drug-likeness (QED) is 0.517. The topological polar surface area (TPSA) is 17.1 Å². The van der Waals surface area contributed by atoms with E-state index in [9.17, 15) is 9.18 Å². The minimum atomic E-state index is -0.942. The molecule has 0 N–H and O–H groups in total. The highest BCUT2D eigenvalue weighted by Crippen LogP contribution is 2.24. The zero-order valence-corrected chi connectivity index (χ0v) is 5.82. The molecule has 0 bridgehead atoms. The van der Waals surface area contributed by atoms with Crippen LogP contribution in [0, 0.1) is 0 Å². The van der Waals surface area contributed by atoms with Crippen LogP contribution in [0.3, 0.4) is 0 Å². The van der Waals surface area contributed by atoms with Crippen LogP contribution in [0.15, 0.2) is 0 Å². The number of alkyl halides is 2. The van der Waals surface area contributed by atoms with Gasteiger partial charge in [0.1, 0.15) is 16.8 Å². The van der Waals surface area contributed by atoms with Crippen LogP contribution in [0.2, 0.25) is 0 Å². The third-order valence-corrected chi connectivity index (χ3v) is 2.38. The molecule has 8 heavy (non-hydrogen) atoms. The first-order chi connectivity index (χ1) is 3.72. The van der Waals surface area contributed by atoms with Gasteiger partial charge in [0.25, 0.3) is 0 Å². The first-order valence-corrected chi connectivity index (χ1v) is 3.44. The summed E-state index contributed by atoms with van der Waals surface area (Å²) in [5.74, 6) is -0.00231. The number of halogens is 2. The molecule has 1 aliphatic rings. The van der Waals surface area contributed by atoms with Gasteiger partial charge in [0.2, 0.25) is 0 Å². The number of carbonyl (C=O) groups excluding carboxylic acids is 1. The monoisotopic (exact) mass is 180 g/mol. The van der Waals surface area contributed by atoms with Gasteiger partial charge in [-0.3, -0.25) is 4.79 Å². The molecule has 0 saturated heterocycles. The second kappa shape index (κ2) is 2.13. The van der Waals surface area contributed by atoms with Crippen LogP contribution < -0.4 is 0 Å². The van der Waals surface area contributed by atoms with Crippen LogP contribution >= 0.6 is 15.9 Å². The van der Waals surface area contributed by atoms with Crippen LogP contribution in [0.25, 0.3) is 0 Å². The largest absolute Gasteiger partial charge is 0.298 e. The van der Waals surface area contributed by atoms with Crippen molar-refractivity contribution in [2.75, 3.05) is 0 Å². The van der Waals surface area contributed by atoms with E-state index in [1.165, 1.54) is 0 Å². The Bertz CT molecular complexity index is 115. The summed E-state index contributed by atoms with van der Waals surface area (Å²) in [7, 11) is 0. The molecule has 1 nitrogen and oxygen atoms in total. The van der Waals surface area contributed by atoms with E-state index in [-0.39, 0.29) is 5.78 Å². The summed E-state index contributed by atoms with van der Waals surface area (Å²) in [4.78, 5) is 9.99. The van der Waals surface area contributed by atoms with Gasteiger partial charge in [0, 0.05) is 6.42 Å². The Hall–Kier alpha value is 0.0800. The van der Waals surface area contributed by atoms with Gasteiger partial charge in [-0.1, -0.05) is 15.9 Å². The highest BCUT2D eigenvalue weighted by Gasteiger charge is 2.31. The third-order valence-electron chi connectivity index (χ3n) is 1.29. The van der Waals surface area contributed by atoms with Gasteiger partial charge >= 0.3 is 0 Å². The van der Waals surface area contributed by atoms with E-state index in [4.69, 9.17) is 0 Å². The molecule has 0 heterocycles. The molecular weight excluding hydrogens is 175 g/mol. The van der Waals surface area contributed by atoms with Gasteiger partial charge in [-0.15, -0.1) is 0 Å². The molecule has 0 radical (unpaired) electrons. The molecule has 1 saturated carbocycles. The first kappa shape index (κ1) is 6.20. The summed E-state index contributed by atoms with van der Waals surface area (Å²) in [6, 6.07) is 0. The zero-order valence-electron chi connectivity index (χ0n) is 4.23. The predicted molar refractivity (Wildman–Crippen MR) is 31.9 cm³/mol. The Balaban J connectivity index is 2.56. The van der Waals surface area contributed by atoms with E-state index in [0.717, 1.165) is 0 Å². The lowest BCUT2D eigenvalue weighted by Gasteiger charge is -1.97. The van der Waals surface area contributed by atoms with Crippen molar-refractivity contribution in [2.45, 2.75) is 23.8 Å². The van der Waals surface area contributed by atoms with Gasteiger partial charge in [-0.05, 0) is 6.42 Å². The summed E-state index contributed by atoms with van der Waals surface area (Å²) in [5, 5.41) is 0. The standard InChI is InChI=1S/C5H6BrFO/c6-5-3(7)1-2-4(5)8/h3,5H,1-2H2. The van der Waals surface area contributed by atoms with Crippen LogP contribution in [0.5, 0.6) is 0 Å². The average Bonchev–Trinajstić information content (AvgIpc) is 1.98. The molecule has 0 aromatic carbocycles. The van der Waals surface area contributed by atoms with Crippen LogP contribution in [-0.2, 0) is 4.79 Å². The summed E-state index contributed by atoms with van der Waals surface area (Å²) in [6.07, 6.45) is -0.145. The molecular formula is C5H6BrFO. The summed E-state index contributed by atoms with van der Waals surface area (Å²) in [5.41, 5.74) is 0. The minimum Gasteiger partial charge on any atom is -0.298 e. The Morgan fingerprint density at radius 3 is 2.50 bits per heavy atom. The SMILES string of the molecule is O=C1CCC(F)C1Br. The lowest BCUT2D eigenvalue weighted by Crippen LogP contribution is -2.13. The molecule has 46 valence electrons. The maximum Gasteiger partial charge on any atom is 0.149 e. The second-order valence-electron chi connectivity index (χ2n) is 1.92. The Morgan fingerprint density at radius 1 is 1.75 bits per heavy atom. The highest BCUT2D eigenvalue weighted by molar-refractivity contribution is 9.10. The van der Waals surface area contributed by atoms with E-state index >= 15 is 0 Å². The molecule has 0 amide bonds. The van der Waals surface area contributed by atoms with Crippen molar-refractivity contribution in [3.05, 3.63) is 0 Å². The van der Waals surface area contributed by atoms with Gasteiger partial charge < -0.3 is 0 Å². The van der Waals surface area contributed by atoms with E-state index in [0.29, 0.717) is 12.8 Å². The average molecular weight is 181 g/mol. The molecule has 3 heteroatoms. The number of Topliss-reactive ketones (excluding diaryl/α,β-unsaturated/α-hetero) is 1. The number of hydrogen-bond donors (Lipinski definition) is 0. The minimum absolute atomic E-state index is 0.00231. The fourth-order valence-electron chi connectivity index (χ4n) is 0.766. The second-order valence-corrected chi connectivity index (χ2v) is 2.91. The van der Waals surface area contributed by atoms with E-state index in [1.807, 2.05) is 0 Å². The molecule has 1 aliphatic carbocycles. The molecule has 0 spiro atoms. The highest BCUT2D eigenvalue weighted by atomic mass is 79.9. The van der Waals surface area contributed by atoms with E-state index in [2.05, 4.69) is 15.9 Å². The van der Waals surface area contributed by atoms with Gasteiger partial charge in [0.05, 0.1) is 0 Å². The summed E-state index contributed by atoms with van der Waals surface area (Å²) >= 11 is 2.94. The number of ketones is 1. The van der Waals surface area contributed by atoms with Crippen molar-refractivity contribution < 1.29 is 9.18 Å². The molecule has 0 aromatic heterocycles. The van der Waals surface area contributed by atoms with E-state index in [1.54, 1.807) is 0 Å². The maximum atomic E-state index is 12.3. The molecule has 2 unspecified atom stereocenters. The molecule has 2 atom stereocenters. The van der Waals surface area contributed by atoms with Crippen molar-refractivity contribution >= 4 is 21.7 Å². The lowest BCUT2D eigenvalue weighted by molar-refractivity contribution is -0.117. The first-order valence-electron chi connectivity index (χ1n) is 2.52. The normalized spacial score (nSPS) is 38.5. The molecule has 0 aromatic rings. The third kappa shape index (κ3) is 0.917. The van der Waals surface area contributed by atoms with Crippen molar-refractivity contribution in [1.29, 1.82) is 0 Å². The lowest BCUT2D eigenvalue weighted by atomic mass is 10.3. The number of hydrogen-bond acceptors (Lipinski definition) is 1. The number of carbonyl (C=O) groups is 1. The predicted octanol–water partition coefficient (Wildman–Crippen LogP) is 1.45. The fraction of sp³-hybridized carbons (Fsp3) is 0.800. The Labute approximate surface area is 55.4 Å². The zero-order chi connectivity index (χ0) is 6.15. The smallest absolute Gasteiger partial charge is 0.149 e. The van der Waals surface area contributed by atoms with Gasteiger partial charge in [0.15, 0.2) is 0 Å². The van der Waals surface area contributed by atoms with Gasteiger partial charge in [-0.2, -0.15) is 0 Å². The van der Waals surface area contributed by atoms with Crippen molar-refractivity contribution in [1.82, 2.24) is 0 Å². The molecule has 1 fully saturated rings. The fourth-order valence-corrected chi connectivity index (χ4v) is 1.26. The van der Waals surface area contributed by atoms with Crippen LogP contribution in [0.1, 0.15) is 12.8 Å². The summed E-state index contributed by atoms with van der Waals surface area (Å²) in [6.45, 7) is 0. The van der Waals surface area contributed by atoms with Crippen LogP contribution in [0.4, 0.5) is 4.39 Å². The Morgan fingerprint density at radius 2 is 2.38 bits per heavy atom. The van der Waals surface area contributed by atoms with Crippen molar-refractivity contribution in [3.8, 4) is 0 Å². The van der Waals surface area contributed by atoms with Crippen molar-refractivity contribution in [3.63, 3.8) is 0 Å². The van der Waals surface area contributed by atoms with Crippen LogP contribution in [-0.4, -0.2) is 16.8 Å². The van der Waals surface area contributed by atoms with Gasteiger partial charge in [-0.25, -0.2) is 4.39 Å². The Kier molecular flexibility index (Phi) is 1.65. The maximum absolute atomic E-state index is 12.3. The van der Waals surface area contributed by atoms with E-state index < -0.39 is 11.0 Å².